The molecule has 4 aromatic carbocycles. The van der Waals surface area contributed by atoms with Crippen molar-refractivity contribution < 1.29 is 19.0 Å². The number of rotatable bonds is 11. The van der Waals surface area contributed by atoms with Gasteiger partial charge in [0.15, 0.2) is 11.5 Å². The quantitative estimate of drug-likeness (QED) is 0.133. The summed E-state index contributed by atoms with van der Waals surface area (Å²) in [6, 6.07) is 28.0. The molecule has 8 heteroatoms. The van der Waals surface area contributed by atoms with Crippen LogP contribution in [0.5, 0.6) is 17.2 Å². The third-order valence-electron chi connectivity index (χ3n) is 5.94. The molecule has 1 amide bonds. The van der Waals surface area contributed by atoms with Crippen molar-refractivity contribution in [3.63, 3.8) is 0 Å². The number of nitriles is 1. The number of nitrogens with zero attached hydrogens (tertiary/aromatic N) is 1. The van der Waals surface area contributed by atoms with Gasteiger partial charge in [0.25, 0.3) is 5.91 Å². The maximum Gasteiger partial charge on any atom is 0.266 e. The van der Waals surface area contributed by atoms with Crippen molar-refractivity contribution in [2.45, 2.75) is 27.1 Å². The number of ether oxygens (including phenoxy) is 3. The maximum absolute atomic E-state index is 12.9. The maximum atomic E-state index is 12.9. The van der Waals surface area contributed by atoms with Gasteiger partial charge in [-0.05, 0) is 101 Å². The largest absolute Gasteiger partial charge is 0.490 e. The molecule has 0 heterocycles. The lowest BCUT2D eigenvalue weighted by Crippen LogP contribution is -2.13. The fourth-order valence-corrected chi connectivity index (χ4v) is 4.51. The molecule has 4 aromatic rings. The summed E-state index contributed by atoms with van der Waals surface area (Å²) in [7, 11) is 0. The molecule has 0 saturated heterocycles. The first-order valence-electron chi connectivity index (χ1n) is 12.9. The van der Waals surface area contributed by atoms with Crippen LogP contribution in [-0.2, 0) is 18.0 Å². The van der Waals surface area contributed by atoms with E-state index < -0.39 is 5.91 Å². The standard InChI is InChI=1S/C33H28BrClN2O4/c1-3-39-31-18-25(17-30(34)32(31)41-21-24-8-10-27(35)11-9-24)16-26(19-36)33(38)37-28-12-14-29(15-13-28)40-20-23-6-4-22(2)5-7-23/h4-18H,3,20-21H2,1-2H3,(H,37,38)/b26-16+. The molecule has 0 saturated carbocycles. The summed E-state index contributed by atoms with van der Waals surface area (Å²) < 4.78 is 18.3. The molecule has 208 valence electrons. The average Bonchev–Trinajstić information content (AvgIpc) is 2.97. The Morgan fingerprint density at radius 3 is 2.20 bits per heavy atom. The minimum Gasteiger partial charge on any atom is -0.490 e. The van der Waals surface area contributed by atoms with Crippen molar-refractivity contribution in [1.29, 1.82) is 5.26 Å². The Kier molecular flexibility index (Phi) is 10.4. The Balaban J connectivity index is 1.43. The first-order valence-corrected chi connectivity index (χ1v) is 14.1. The van der Waals surface area contributed by atoms with Crippen LogP contribution in [0.15, 0.2) is 95.0 Å². The van der Waals surface area contributed by atoms with Gasteiger partial charge in [0.1, 0.15) is 30.6 Å². The first-order chi connectivity index (χ1) is 19.8. The van der Waals surface area contributed by atoms with Crippen molar-refractivity contribution in [1.82, 2.24) is 0 Å². The number of benzene rings is 4. The average molecular weight is 632 g/mol. The van der Waals surface area contributed by atoms with Crippen LogP contribution >= 0.6 is 27.5 Å². The molecule has 0 fully saturated rings. The lowest BCUT2D eigenvalue weighted by molar-refractivity contribution is -0.112. The summed E-state index contributed by atoms with van der Waals surface area (Å²) in [4.78, 5) is 12.9. The van der Waals surface area contributed by atoms with E-state index in [1.165, 1.54) is 11.6 Å². The third-order valence-corrected chi connectivity index (χ3v) is 6.78. The zero-order chi connectivity index (χ0) is 29.2. The van der Waals surface area contributed by atoms with E-state index >= 15 is 0 Å². The van der Waals surface area contributed by atoms with Crippen LogP contribution in [0.25, 0.3) is 6.08 Å². The Labute approximate surface area is 253 Å². The molecule has 0 unspecified atom stereocenters. The number of carbonyl (C=O) groups excluding carboxylic acids is 1. The summed E-state index contributed by atoms with van der Waals surface area (Å²) in [6.07, 6.45) is 1.50. The predicted molar refractivity (Wildman–Crippen MR) is 165 cm³/mol. The molecule has 0 aliphatic rings. The highest BCUT2D eigenvalue weighted by molar-refractivity contribution is 9.10. The van der Waals surface area contributed by atoms with Gasteiger partial charge in [-0.2, -0.15) is 5.26 Å². The topological polar surface area (TPSA) is 80.6 Å². The molecule has 6 nitrogen and oxygen atoms in total. The molecule has 0 aliphatic carbocycles. The van der Waals surface area contributed by atoms with E-state index in [0.29, 0.717) is 57.8 Å². The van der Waals surface area contributed by atoms with Crippen molar-refractivity contribution >= 4 is 45.2 Å². The van der Waals surface area contributed by atoms with Gasteiger partial charge in [-0.3, -0.25) is 4.79 Å². The minimum absolute atomic E-state index is 0.0612. The van der Waals surface area contributed by atoms with Gasteiger partial charge in [-0.15, -0.1) is 0 Å². The monoisotopic (exact) mass is 630 g/mol. The van der Waals surface area contributed by atoms with E-state index in [2.05, 4.69) is 21.2 Å². The van der Waals surface area contributed by atoms with Crippen molar-refractivity contribution in [3.05, 3.63) is 122 Å². The molecule has 0 atom stereocenters. The SMILES string of the molecule is CCOc1cc(/C=C(\C#N)C(=O)Nc2ccc(OCc3ccc(C)cc3)cc2)cc(Br)c1OCc1ccc(Cl)cc1. The molecule has 0 aromatic heterocycles. The van der Waals surface area contributed by atoms with E-state index in [4.69, 9.17) is 25.8 Å². The van der Waals surface area contributed by atoms with Gasteiger partial charge in [-0.1, -0.05) is 53.6 Å². The number of nitrogens with one attached hydrogen (secondary N) is 1. The molecular weight excluding hydrogens is 604 g/mol. The van der Waals surface area contributed by atoms with Gasteiger partial charge in [0.2, 0.25) is 0 Å². The summed E-state index contributed by atoms with van der Waals surface area (Å²) >= 11 is 9.51. The highest BCUT2D eigenvalue weighted by Crippen LogP contribution is 2.38. The fraction of sp³-hybridized carbons (Fsp3) is 0.152. The lowest BCUT2D eigenvalue weighted by atomic mass is 10.1. The predicted octanol–water partition coefficient (Wildman–Crippen LogP) is 8.51. The number of anilines is 1. The summed E-state index contributed by atoms with van der Waals surface area (Å²) in [5, 5.41) is 13.1. The molecule has 41 heavy (non-hydrogen) atoms. The zero-order valence-electron chi connectivity index (χ0n) is 22.6. The number of aryl methyl sites for hydroxylation is 1. The highest BCUT2D eigenvalue weighted by Gasteiger charge is 2.15. The summed E-state index contributed by atoms with van der Waals surface area (Å²) in [5.74, 6) is 1.15. The zero-order valence-corrected chi connectivity index (χ0v) is 25.0. The van der Waals surface area contributed by atoms with Gasteiger partial charge in [0.05, 0.1) is 11.1 Å². The Morgan fingerprint density at radius 1 is 0.927 bits per heavy atom. The molecule has 0 radical (unpaired) electrons. The minimum atomic E-state index is -0.530. The summed E-state index contributed by atoms with van der Waals surface area (Å²) in [5.41, 5.74) is 4.29. The van der Waals surface area contributed by atoms with Crippen LogP contribution in [0.1, 0.15) is 29.2 Å². The molecule has 0 aliphatic heterocycles. The van der Waals surface area contributed by atoms with E-state index in [0.717, 1.165) is 11.1 Å². The number of hydrogen-bond donors (Lipinski definition) is 1. The molecule has 0 bridgehead atoms. The van der Waals surface area contributed by atoms with Gasteiger partial charge in [-0.25, -0.2) is 0 Å². The second-order valence-electron chi connectivity index (χ2n) is 9.10. The van der Waals surface area contributed by atoms with Crippen LogP contribution in [0, 0.1) is 18.3 Å². The van der Waals surface area contributed by atoms with E-state index in [1.807, 2.05) is 56.3 Å². The van der Waals surface area contributed by atoms with E-state index in [-0.39, 0.29) is 5.57 Å². The van der Waals surface area contributed by atoms with E-state index in [1.54, 1.807) is 48.5 Å². The van der Waals surface area contributed by atoms with Crippen LogP contribution in [0.4, 0.5) is 5.69 Å². The van der Waals surface area contributed by atoms with Crippen molar-refractivity contribution in [2.75, 3.05) is 11.9 Å². The Hall–Kier alpha value is -4.25. The second kappa shape index (κ2) is 14.4. The number of amides is 1. The molecule has 0 spiro atoms. The first kappa shape index (κ1) is 29.7. The molecule has 4 rings (SSSR count). The van der Waals surface area contributed by atoms with Crippen LogP contribution < -0.4 is 19.5 Å². The Morgan fingerprint density at radius 2 is 1.56 bits per heavy atom. The van der Waals surface area contributed by atoms with E-state index in [9.17, 15) is 10.1 Å². The smallest absolute Gasteiger partial charge is 0.266 e. The molecular formula is C33H28BrClN2O4. The summed E-state index contributed by atoms with van der Waals surface area (Å²) in [6.45, 7) is 5.07. The fourth-order valence-electron chi connectivity index (χ4n) is 3.81. The van der Waals surface area contributed by atoms with Gasteiger partial charge >= 0.3 is 0 Å². The number of hydrogen-bond acceptors (Lipinski definition) is 5. The van der Waals surface area contributed by atoms with Gasteiger partial charge in [0, 0.05) is 10.7 Å². The van der Waals surface area contributed by atoms with Crippen molar-refractivity contribution in [2.24, 2.45) is 0 Å². The Bertz CT molecular complexity index is 1560. The molecule has 1 N–H and O–H groups in total. The van der Waals surface area contributed by atoms with Gasteiger partial charge < -0.3 is 19.5 Å². The normalized spacial score (nSPS) is 11.0. The van der Waals surface area contributed by atoms with Crippen LogP contribution in [0.2, 0.25) is 5.02 Å². The second-order valence-corrected chi connectivity index (χ2v) is 10.4. The third kappa shape index (κ3) is 8.62. The van der Waals surface area contributed by atoms with Crippen LogP contribution in [0.3, 0.4) is 0 Å². The van der Waals surface area contributed by atoms with Crippen molar-refractivity contribution in [3.8, 4) is 23.3 Å². The van der Waals surface area contributed by atoms with Crippen LogP contribution in [-0.4, -0.2) is 12.5 Å². The number of halogens is 2. The highest BCUT2D eigenvalue weighted by atomic mass is 79.9. The number of carbonyl (C=O) groups is 1. The lowest BCUT2D eigenvalue weighted by Gasteiger charge is -2.15.